The Morgan fingerprint density at radius 1 is 1.24 bits per heavy atom. The molecule has 1 aliphatic heterocycles. The van der Waals surface area contributed by atoms with Crippen molar-refractivity contribution in [2.45, 2.75) is 12.8 Å². The Morgan fingerprint density at radius 3 is 2.33 bits per heavy atom. The number of methoxy groups -OCH3 is 1. The summed E-state index contributed by atoms with van der Waals surface area (Å²) in [5, 5.41) is 0. The van der Waals surface area contributed by atoms with E-state index < -0.39 is 0 Å². The predicted octanol–water partition coefficient (Wildman–Crippen LogP) is 1.79. The first-order chi connectivity index (χ1) is 10.1. The number of fused-ring (bicyclic) bond motifs is 1. The summed E-state index contributed by atoms with van der Waals surface area (Å²) < 4.78 is 4.63. The van der Waals surface area contributed by atoms with Crippen molar-refractivity contribution in [2.75, 3.05) is 13.7 Å². The average molecular weight is 285 g/mol. The number of carbonyl (C=O) groups excluding carboxylic acids is 3. The molecule has 1 aromatic carbocycles. The van der Waals surface area contributed by atoms with Crippen LogP contribution in [0.15, 0.2) is 35.9 Å². The fraction of sp³-hybridized carbons (Fsp3) is 0.312. The number of imide groups is 1. The number of benzene rings is 1. The van der Waals surface area contributed by atoms with Crippen molar-refractivity contribution in [1.29, 1.82) is 0 Å². The Bertz CT molecular complexity index is 627. The molecule has 0 spiro atoms. The third-order valence-electron chi connectivity index (χ3n) is 3.97. The predicted molar refractivity (Wildman–Crippen MR) is 74.6 cm³/mol. The number of carbonyl (C=O) groups is 3. The molecule has 0 aromatic heterocycles. The molecule has 1 unspecified atom stereocenters. The largest absolute Gasteiger partial charge is 0.466 e. The zero-order valence-corrected chi connectivity index (χ0v) is 11.7. The molecule has 1 atom stereocenters. The van der Waals surface area contributed by atoms with Gasteiger partial charge in [0.05, 0.1) is 18.2 Å². The van der Waals surface area contributed by atoms with Gasteiger partial charge in [0.25, 0.3) is 11.8 Å². The third kappa shape index (κ3) is 2.24. The molecule has 108 valence electrons. The molecule has 21 heavy (non-hydrogen) atoms. The maximum Gasteiger partial charge on any atom is 0.333 e. The summed E-state index contributed by atoms with van der Waals surface area (Å²) >= 11 is 0. The van der Waals surface area contributed by atoms with Crippen molar-refractivity contribution in [2.24, 2.45) is 5.92 Å². The van der Waals surface area contributed by atoms with Crippen molar-refractivity contribution in [3.05, 3.63) is 47.0 Å². The van der Waals surface area contributed by atoms with Crippen LogP contribution in [0.1, 0.15) is 33.6 Å². The first kappa shape index (κ1) is 13.5. The lowest BCUT2D eigenvalue weighted by molar-refractivity contribution is -0.136. The second-order valence-electron chi connectivity index (χ2n) is 5.24. The van der Waals surface area contributed by atoms with Gasteiger partial charge in [0.1, 0.15) is 0 Å². The topological polar surface area (TPSA) is 63.7 Å². The molecule has 0 saturated carbocycles. The molecule has 5 heteroatoms. The number of allylic oxidation sites excluding steroid dienone is 1. The quantitative estimate of drug-likeness (QED) is 0.625. The van der Waals surface area contributed by atoms with E-state index in [4.69, 9.17) is 0 Å². The van der Waals surface area contributed by atoms with E-state index in [1.807, 2.05) is 6.08 Å². The van der Waals surface area contributed by atoms with E-state index in [1.165, 1.54) is 12.0 Å². The zero-order chi connectivity index (χ0) is 15.0. The monoisotopic (exact) mass is 285 g/mol. The van der Waals surface area contributed by atoms with Gasteiger partial charge in [0, 0.05) is 12.1 Å². The summed E-state index contributed by atoms with van der Waals surface area (Å²) in [6.07, 6.45) is 3.17. The first-order valence-electron chi connectivity index (χ1n) is 6.86. The van der Waals surface area contributed by atoms with Gasteiger partial charge in [-0.2, -0.15) is 0 Å². The van der Waals surface area contributed by atoms with Gasteiger partial charge in [-0.25, -0.2) is 4.79 Å². The number of esters is 1. The molecule has 1 aliphatic carbocycles. The minimum absolute atomic E-state index is 0.225. The highest BCUT2D eigenvalue weighted by Crippen LogP contribution is 2.31. The Kier molecular flexibility index (Phi) is 3.33. The van der Waals surface area contributed by atoms with Crippen LogP contribution in [0.5, 0.6) is 0 Å². The highest BCUT2D eigenvalue weighted by molar-refractivity contribution is 6.21. The molecule has 1 heterocycles. The maximum absolute atomic E-state index is 12.2. The van der Waals surface area contributed by atoms with E-state index in [9.17, 15) is 14.4 Å². The maximum atomic E-state index is 12.2. The Morgan fingerprint density at radius 2 is 1.81 bits per heavy atom. The van der Waals surface area contributed by atoms with E-state index in [-0.39, 0.29) is 23.7 Å². The molecule has 1 aromatic rings. The Labute approximate surface area is 122 Å². The van der Waals surface area contributed by atoms with Gasteiger partial charge in [-0.1, -0.05) is 18.2 Å². The highest BCUT2D eigenvalue weighted by Gasteiger charge is 2.35. The van der Waals surface area contributed by atoms with E-state index in [2.05, 4.69) is 4.74 Å². The normalized spacial score (nSPS) is 20.0. The van der Waals surface area contributed by atoms with Crippen molar-refractivity contribution in [3.63, 3.8) is 0 Å². The van der Waals surface area contributed by atoms with E-state index in [1.54, 1.807) is 24.3 Å². The minimum Gasteiger partial charge on any atom is -0.466 e. The molecule has 0 saturated heterocycles. The molecule has 2 aliphatic rings. The molecule has 0 N–H and O–H groups in total. The van der Waals surface area contributed by atoms with Gasteiger partial charge in [-0.05, 0) is 30.9 Å². The van der Waals surface area contributed by atoms with Crippen molar-refractivity contribution in [1.82, 2.24) is 4.90 Å². The van der Waals surface area contributed by atoms with Gasteiger partial charge in [0.15, 0.2) is 0 Å². The standard InChI is InChI=1S/C16H15NO4/c1-21-16(20)11-8-10(9-11)6-7-17-14(18)12-4-2-3-5-13(12)15(17)19/h2-5,8,10H,6-7,9H2,1H3. The van der Waals surface area contributed by atoms with Crippen LogP contribution in [0.2, 0.25) is 0 Å². The van der Waals surface area contributed by atoms with Gasteiger partial charge in [-0.3, -0.25) is 14.5 Å². The zero-order valence-electron chi connectivity index (χ0n) is 11.7. The number of hydrogen-bond donors (Lipinski definition) is 0. The van der Waals surface area contributed by atoms with Crippen LogP contribution < -0.4 is 0 Å². The van der Waals surface area contributed by atoms with Gasteiger partial charge in [0.2, 0.25) is 0 Å². The minimum atomic E-state index is -0.299. The van der Waals surface area contributed by atoms with Crippen LogP contribution in [0, 0.1) is 5.92 Å². The number of nitrogens with zero attached hydrogens (tertiary/aromatic N) is 1. The number of ether oxygens (including phenoxy) is 1. The number of amides is 2. The Hall–Kier alpha value is -2.43. The lowest BCUT2D eigenvalue weighted by atomic mass is 9.84. The smallest absolute Gasteiger partial charge is 0.333 e. The van der Waals surface area contributed by atoms with Crippen LogP contribution >= 0.6 is 0 Å². The lowest BCUT2D eigenvalue weighted by Gasteiger charge is -2.25. The molecule has 0 bridgehead atoms. The highest BCUT2D eigenvalue weighted by atomic mass is 16.5. The molecule has 5 nitrogen and oxygen atoms in total. The van der Waals surface area contributed by atoms with E-state index >= 15 is 0 Å². The van der Waals surface area contributed by atoms with Crippen molar-refractivity contribution >= 4 is 17.8 Å². The average Bonchev–Trinajstić information content (AvgIpc) is 2.70. The van der Waals surface area contributed by atoms with E-state index in [0.29, 0.717) is 36.1 Å². The van der Waals surface area contributed by atoms with Crippen LogP contribution in [-0.2, 0) is 9.53 Å². The fourth-order valence-corrected chi connectivity index (χ4v) is 2.74. The number of rotatable bonds is 4. The number of hydrogen-bond acceptors (Lipinski definition) is 4. The van der Waals surface area contributed by atoms with Gasteiger partial charge >= 0.3 is 5.97 Å². The summed E-state index contributed by atoms with van der Waals surface area (Å²) in [4.78, 5) is 36.9. The van der Waals surface area contributed by atoms with Crippen LogP contribution in [0.4, 0.5) is 0 Å². The SMILES string of the molecule is COC(=O)C1=CC(CCN2C(=O)c3ccccc3C2=O)C1. The third-order valence-corrected chi connectivity index (χ3v) is 3.97. The molecule has 0 radical (unpaired) electrons. The fourth-order valence-electron chi connectivity index (χ4n) is 2.74. The second-order valence-corrected chi connectivity index (χ2v) is 5.24. The lowest BCUT2D eigenvalue weighted by Crippen LogP contribution is -2.32. The molecule has 3 rings (SSSR count). The van der Waals surface area contributed by atoms with Crippen LogP contribution in [0.25, 0.3) is 0 Å². The van der Waals surface area contributed by atoms with Gasteiger partial charge in [-0.15, -0.1) is 0 Å². The van der Waals surface area contributed by atoms with Crippen molar-refractivity contribution < 1.29 is 19.1 Å². The van der Waals surface area contributed by atoms with Crippen LogP contribution in [0.3, 0.4) is 0 Å². The molecular formula is C16H15NO4. The van der Waals surface area contributed by atoms with E-state index in [0.717, 1.165) is 0 Å². The summed E-state index contributed by atoms with van der Waals surface area (Å²) in [5.74, 6) is -0.533. The van der Waals surface area contributed by atoms with Gasteiger partial charge < -0.3 is 4.74 Å². The summed E-state index contributed by atoms with van der Waals surface area (Å²) in [7, 11) is 1.36. The molecule has 0 fully saturated rings. The molecule has 2 amide bonds. The van der Waals surface area contributed by atoms with Crippen LogP contribution in [-0.4, -0.2) is 36.3 Å². The summed E-state index contributed by atoms with van der Waals surface area (Å²) in [6.45, 7) is 0.377. The second kappa shape index (κ2) is 5.16. The Balaban J connectivity index is 1.61. The van der Waals surface area contributed by atoms with Crippen molar-refractivity contribution in [3.8, 4) is 0 Å². The summed E-state index contributed by atoms with van der Waals surface area (Å²) in [6, 6.07) is 6.86. The summed E-state index contributed by atoms with van der Waals surface area (Å²) in [5.41, 5.74) is 1.62. The first-order valence-corrected chi connectivity index (χ1v) is 6.86. The molecular weight excluding hydrogens is 270 g/mol.